The number of ether oxygens (including phenoxy) is 2. The van der Waals surface area contributed by atoms with Gasteiger partial charge in [0.05, 0.1) is 6.54 Å². The van der Waals surface area contributed by atoms with E-state index in [9.17, 15) is 9.59 Å². The normalized spacial score (nSPS) is 10.5. The van der Waals surface area contributed by atoms with Crippen molar-refractivity contribution in [2.45, 2.75) is 27.1 Å². The summed E-state index contributed by atoms with van der Waals surface area (Å²) in [5.41, 5.74) is 1.22. The van der Waals surface area contributed by atoms with E-state index >= 15 is 0 Å². The first kappa shape index (κ1) is 17.1. The van der Waals surface area contributed by atoms with Crippen LogP contribution in [0.25, 0.3) is 0 Å². The molecule has 0 unspecified atom stereocenters. The number of ketones is 1. The maximum Gasteiger partial charge on any atom is 0.319 e. The summed E-state index contributed by atoms with van der Waals surface area (Å²) in [5, 5.41) is 5.35. The fourth-order valence-electron chi connectivity index (χ4n) is 1.68. The number of Topliss-reactive ketones (excluding diaryl/α,β-unsaturated/α-hetero) is 1. The Hall–Kier alpha value is -1.92. The molecule has 6 heteroatoms. The molecule has 0 aliphatic carbocycles. The minimum absolute atomic E-state index is 0.0118. The Morgan fingerprint density at radius 1 is 1.10 bits per heavy atom. The predicted octanol–water partition coefficient (Wildman–Crippen LogP) is 2.41. The average molecular weight is 294 g/mol. The summed E-state index contributed by atoms with van der Waals surface area (Å²) in [5.74, 6) is -0.0118. The number of anilines is 1. The van der Waals surface area contributed by atoms with Crippen LogP contribution in [0.2, 0.25) is 0 Å². The summed E-state index contributed by atoms with van der Waals surface area (Å²) < 4.78 is 10.6. The second-order valence-electron chi connectivity index (χ2n) is 4.31. The third-order valence-corrected chi connectivity index (χ3v) is 2.68. The van der Waals surface area contributed by atoms with E-state index < -0.39 is 6.29 Å². The lowest BCUT2D eigenvalue weighted by Crippen LogP contribution is -2.37. The predicted molar refractivity (Wildman–Crippen MR) is 80.5 cm³/mol. The Morgan fingerprint density at radius 2 is 1.67 bits per heavy atom. The minimum atomic E-state index is -0.453. The first-order chi connectivity index (χ1) is 10.1. The molecule has 0 aromatic heterocycles. The number of hydrogen-bond donors (Lipinski definition) is 2. The van der Waals surface area contributed by atoms with Crippen LogP contribution in [0.15, 0.2) is 24.3 Å². The van der Waals surface area contributed by atoms with E-state index in [1.807, 2.05) is 13.8 Å². The Labute approximate surface area is 124 Å². The molecule has 2 N–H and O–H groups in total. The van der Waals surface area contributed by atoms with Crippen molar-refractivity contribution in [1.82, 2.24) is 5.32 Å². The van der Waals surface area contributed by atoms with Gasteiger partial charge in [-0.2, -0.15) is 0 Å². The van der Waals surface area contributed by atoms with E-state index in [-0.39, 0.29) is 18.4 Å². The smallest absolute Gasteiger partial charge is 0.319 e. The van der Waals surface area contributed by atoms with Crippen molar-refractivity contribution >= 4 is 17.5 Å². The van der Waals surface area contributed by atoms with E-state index in [1.165, 1.54) is 6.92 Å². The molecular formula is C15H22N2O4. The molecule has 1 aromatic carbocycles. The van der Waals surface area contributed by atoms with Crippen LogP contribution in [-0.4, -0.2) is 37.9 Å². The number of urea groups is 1. The number of amides is 2. The van der Waals surface area contributed by atoms with Gasteiger partial charge in [0.15, 0.2) is 12.1 Å². The molecule has 0 spiro atoms. The van der Waals surface area contributed by atoms with Crippen LogP contribution in [0, 0.1) is 0 Å². The third kappa shape index (κ3) is 6.37. The van der Waals surface area contributed by atoms with Crippen molar-refractivity contribution in [3.8, 4) is 0 Å². The Balaban J connectivity index is 2.43. The van der Waals surface area contributed by atoms with Gasteiger partial charge in [-0.05, 0) is 45.0 Å². The van der Waals surface area contributed by atoms with E-state index in [1.54, 1.807) is 24.3 Å². The molecule has 0 bridgehead atoms. The van der Waals surface area contributed by atoms with Gasteiger partial charge in [-0.25, -0.2) is 4.79 Å². The summed E-state index contributed by atoms with van der Waals surface area (Å²) >= 11 is 0. The Morgan fingerprint density at radius 3 is 2.14 bits per heavy atom. The summed E-state index contributed by atoms with van der Waals surface area (Å²) in [6.07, 6.45) is -0.453. The molecule has 0 saturated heterocycles. The highest BCUT2D eigenvalue weighted by Crippen LogP contribution is 2.09. The zero-order valence-corrected chi connectivity index (χ0v) is 12.6. The molecule has 0 fully saturated rings. The van der Waals surface area contributed by atoms with Crippen molar-refractivity contribution in [2.24, 2.45) is 0 Å². The standard InChI is InChI=1S/C15H22N2O4/c1-4-20-14(21-5-2)10-16-15(19)17-13-8-6-12(7-9-13)11(3)18/h6-9,14H,4-5,10H2,1-3H3,(H2,16,17,19). The fourth-order valence-corrected chi connectivity index (χ4v) is 1.68. The highest BCUT2D eigenvalue weighted by Gasteiger charge is 2.10. The van der Waals surface area contributed by atoms with Crippen LogP contribution in [-0.2, 0) is 9.47 Å². The monoisotopic (exact) mass is 294 g/mol. The van der Waals surface area contributed by atoms with Gasteiger partial charge < -0.3 is 20.1 Å². The highest BCUT2D eigenvalue weighted by atomic mass is 16.7. The lowest BCUT2D eigenvalue weighted by molar-refractivity contribution is -0.131. The van der Waals surface area contributed by atoms with Crippen LogP contribution in [0.3, 0.4) is 0 Å². The fraction of sp³-hybridized carbons (Fsp3) is 0.467. The summed E-state index contributed by atoms with van der Waals surface area (Å²) in [6, 6.07) is 6.34. The molecule has 6 nitrogen and oxygen atoms in total. The highest BCUT2D eigenvalue weighted by molar-refractivity contribution is 5.95. The maximum absolute atomic E-state index is 11.7. The number of carbonyl (C=O) groups is 2. The molecule has 0 heterocycles. The first-order valence-corrected chi connectivity index (χ1v) is 6.95. The molecule has 1 aromatic rings. The summed E-state index contributed by atoms with van der Waals surface area (Å²) in [7, 11) is 0. The van der Waals surface area contributed by atoms with Crippen LogP contribution in [0.5, 0.6) is 0 Å². The summed E-state index contributed by atoms with van der Waals surface area (Å²) in [6.45, 7) is 6.52. The van der Waals surface area contributed by atoms with Gasteiger partial charge in [0.2, 0.25) is 0 Å². The number of rotatable bonds is 8. The average Bonchev–Trinajstić information content (AvgIpc) is 2.46. The van der Waals surface area contributed by atoms with Gasteiger partial charge in [0, 0.05) is 24.5 Å². The van der Waals surface area contributed by atoms with E-state index in [4.69, 9.17) is 9.47 Å². The number of hydrogen-bond acceptors (Lipinski definition) is 4. The van der Waals surface area contributed by atoms with Crippen LogP contribution in [0.1, 0.15) is 31.1 Å². The zero-order valence-electron chi connectivity index (χ0n) is 12.6. The van der Waals surface area contributed by atoms with E-state index in [0.29, 0.717) is 24.5 Å². The van der Waals surface area contributed by atoms with Crippen molar-refractivity contribution in [3.05, 3.63) is 29.8 Å². The molecule has 0 aliphatic rings. The minimum Gasteiger partial charge on any atom is -0.351 e. The van der Waals surface area contributed by atoms with Gasteiger partial charge in [-0.15, -0.1) is 0 Å². The van der Waals surface area contributed by atoms with Crippen LogP contribution >= 0.6 is 0 Å². The van der Waals surface area contributed by atoms with E-state index in [2.05, 4.69) is 10.6 Å². The van der Waals surface area contributed by atoms with Crippen molar-refractivity contribution in [2.75, 3.05) is 25.1 Å². The van der Waals surface area contributed by atoms with Crippen molar-refractivity contribution < 1.29 is 19.1 Å². The van der Waals surface area contributed by atoms with Gasteiger partial charge in [0.1, 0.15) is 0 Å². The topological polar surface area (TPSA) is 76.7 Å². The van der Waals surface area contributed by atoms with Crippen LogP contribution < -0.4 is 10.6 Å². The largest absolute Gasteiger partial charge is 0.351 e. The number of nitrogens with one attached hydrogen (secondary N) is 2. The van der Waals surface area contributed by atoms with Gasteiger partial charge >= 0.3 is 6.03 Å². The Bertz CT molecular complexity index is 453. The van der Waals surface area contributed by atoms with Crippen molar-refractivity contribution in [1.29, 1.82) is 0 Å². The summed E-state index contributed by atoms with van der Waals surface area (Å²) in [4.78, 5) is 22.9. The van der Waals surface area contributed by atoms with Gasteiger partial charge in [-0.3, -0.25) is 4.79 Å². The molecule has 0 atom stereocenters. The lowest BCUT2D eigenvalue weighted by Gasteiger charge is -2.17. The molecule has 0 saturated carbocycles. The molecular weight excluding hydrogens is 272 g/mol. The molecule has 116 valence electrons. The SMILES string of the molecule is CCOC(CNC(=O)Nc1ccc(C(C)=O)cc1)OCC. The zero-order chi connectivity index (χ0) is 15.7. The van der Waals surface area contributed by atoms with E-state index in [0.717, 1.165) is 0 Å². The second kappa shape index (κ2) is 9.10. The molecule has 21 heavy (non-hydrogen) atoms. The lowest BCUT2D eigenvalue weighted by atomic mass is 10.1. The number of benzene rings is 1. The van der Waals surface area contributed by atoms with Crippen molar-refractivity contribution in [3.63, 3.8) is 0 Å². The molecule has 0 radical (unpaired) electrons. The second-order valence-corrected chi connectivity index (χ2v) is 4.31. The van der Waals surface area contributed by atoms with Gasteiger partial charge in [-0.1, -0.05) is 0 Å². The number of carbonyl (C=O) groups excluding carboxylic acids is 2. The molecule has 1 rings (SSSR count). The quantitative estimate of drug-likeness (QED) is 0.570. The van der Waals surface area contributed by atoms with Crippen LogP contribution in [0.4, 0.5) is 10.5 Å². The molecule has 0 aliphatic heterocycles. The van der Waals surface area contributed by atoms with Gasteiger partial charge in [0.25, 0.3) is 0 Å². The molecule has 2 amide bonds. The third-order valence-electron chi connectivity index (χ3n) is 2.68. The maximum atomic E-state index is 11.7. The Kier molecular flexibility index (Phi) is 7.42. The first-order valence-electron chi connectivity index (χ1n) is 6.95.